The molecule has 13 heavy (non-hydrogen) atoms. The number of ether oxygens (including phenoxy) is 1. The minimum atomic E-state index is -0.657. The topological polar surface area (TPSA) is 42.4 Å². The molecule has 4 heteroatoms. The van der Waals surface area contributed by atoms with Gasteiger partial charge in [0, 0.05) is 17.3 Å². The highest BCUT2D eigenvalue weighted by Gasteiger charge is 2.11. The van der Waals surface area contributed by atoms with Crippen LogP contribution >= 0.6 is 15.9 Å². The number of aromatic nitrogens is 1. The van der Waals surface area contributed by atoms with Crippen LogP contribution in [0.2, 0.25) is 0 Å². The summed E-state index contributed by atoms with van der Waals surface area (Å²) in [4.78, 5) is 4.05. The molecule has 0 aliphatic heterocycles. The summed E-state index contributed by atoms with van der Waals surface area (Å²) < 4.78 is 5.90. The Balaban J connectivity index is 2.65. The van der Waals surface area contributed by atoms with E-state index in [1.807, 2.05) is 13.0 Å². The Morgan fingerprint density at radius 1 is 1.69 bits per heavy atom. The summed E-state index contributed by atoms with van der Waals surface area (Å²) in [6, 6.07) is 3.65. The van der Waals surface area contributed by atoms with Crippen LogP contribution in [0, 0.1) is 0 Å². The number of aliphatic hydroxyl groups excluding tert-OH is 1. The molecule has 0 aliphatic rings. The summed E-state index contributed by atoms with van der Waals surface area (Å²) in [6.07, 6.45) is 0.991. The lowest BCUT2D eigenvalue weighted by Gasteiger charge is -2.10. The third-order valence-electron chi connectivity index (χ3n) is 1.58. The van der Waals surface area contributed by atoms with Gasteiger partial charge in [-0.2, -0.15) is 0 Å². The number of aliphatic hydroxyl groups is 1. The lowest BCUT2D eigenvalue weighted by Crippen LogP contribution is -2.09. The first kappa shape index (κ1) is 10.6. The standard InChI is InChI=1S/C9H12BrNO2/c1-2-13-6-8(12)9-7(10)4-3-5-11-9/h3-5,8,12H,2,6H2,1H3. The van der Waals surface area contributed by atoms with E-state index in [0.717, 1.165) is 4.47 Å². The molecule has 0 saturated heterocycles. The highest BCUT2D eigenvalue weighted by molar-refractivity contribution is 9.10. The maximum absolute atomic E-state index is 9.61. The van der Waals surface area contributed by atoms with E-state index in [-0.39, 0.29) is 6.61 Å². The second-order valence-electron chi connectivity index (χ2n) is 2.55. The summed E-state index contributed by atoms with van der Waals surface area (Å²) in [5, 5.41) is 9.61. The zero-order valence-electron chi connectivity index (χ0n) is 7.40. The molecule has 1 unspecified atom stereocenters. The molecular formula is C9H12BrNO2. The number of hydrogen-bond acceptors (Lipinski definition) is 3. The number of nitrogens with zero attached hydrogens (tertiary/aromatic N) is 1. The fourth-order valence-corrected chi connectivity index (χ4v) is 1.47. The average Bonchev–Trinajstić information content (AvgIpc) is 2.15. The van der Waals surface area contributed by atoms with Gasteiger partial charge in [0.15, 0.2) is 0 Å². The first-order chi connectivity index (χ1) is 6.25. The van der Waals surface area contributed by atoms with Gasteiger partial charge in [-0.1, -0.05) is 0 Å². The van der Waals surface area contributed by atoms with Gasteiger partial charge in [0.05, 0.1) is 12.3 Å². The van der Waals surface area contributed by atoms with Crippen LogP contribution in [0.4, 0.5) is 0 Å². The highest BCUT2D eigenvalue weighted by Crippen LogP contribution is 2.20. The van der Waals surface area contributed by atoms with Crippen LogP contribution in [0.3, 0.4) is 0 Å². The summed E-state index contributed by atoms with van der Waals surface area (Å²) in [5.41, 5.74) is 0.621. The van der Waals surface area contributed by atoms with Crippen molar-refractivity contribution in [2.45, 2.75) is 13.0 Å². The Morgan fingerprint density at radius 3 is 3.08 bits per heavy atom. The molecule has 0 radical (unpaired) electrons. The highest BCUT2D eigenvalue weighted by atomic mass is 79.9. The summed E-state index contributed by atoms with van der Waals surface area (Å²) in [5.74, 6) is 0. The molecule has 3 nitrogen and oxygen atoms in total. The molecule has 1 rings (SSSR count). The summed E-state index contributed by atoms with van der Waals surface area (Å²) in [6.45, 7) is 2.77. The molecule has 1 N–H and O–H groups in total. The van der Waals surface area contributed by atoms with Crippen molar-refractivity contribution in [1.29, 1.82) is 0 Å². The normalized spacial score (nSPS) is 12.8. The quantitative estimate of drug-likeness (QED) is 0.882. The Hall–Kier alpha value is -0.450. The van der Waals surface area contributed by atoms with Gasteiger partial charge in [-0.25, -0.2) is 0 Å². The van der Waals surface area contributed by atoms with Gasteiger partial charge in [-0.05, 0) is 35.0 Å². The van der Waals surface area contributed by atoms with Gasteiger partial charge in [0.1, 0.15) is 6.10 Å². The number of rotatable bonds is 4. The lowest BCUT2D eigenvalue weighted by atomic mass is 10.2. The van der Waals surface area contributed by atoms with Crippen molar-refractivity contribution in [3.63, 3.8) is 0 Å². The zero-order valence-corrected chi connectivity index (χ0v) is 8.99. The first-order valence-corrected chi connectivity index (χ1v) is 4.91. The predicted octanol–water partition coefficient (Wildman–Crippen LogP) is 1.91. The summed E-state index contributed by atoms with van der Waals surface area (Å²) in [7, 11) is 0. The molecule has 0 spiro atoms. The molecule has 0 fully saturated rings. The molecule has 0 bridgehead atoms. The van der Waals surface area contributed by atoms with E-state index in [2.05, 4.69) is 20.9 Å². The van der Waals surface area contributed by atoms with Crippen LogP contribution in [-0.2, 0) is 4.74 Å². The van der Waals surface area contributed by atoms with Crippen LogP contribution in [-0.4, -0.2) is 23.3 Å². The molecule has 0 aromatic carbocycles. The van der Waals surface area contributed by atoms with Crippen molar-refractivity contribution in [3.05, 3.63) is 28.5 Å². The van der Waals surface area contributed by atoms with Crippen LogP contribution in [0.15, 0.2) is 22.8 Å². The molecule has 0 aliphatic carbocycles. The van der Waals surface area contributed by atoms with E-state index >= 15 is 0 Å². The van der Waals surface area contributed by atoms with E-state index in [0.29, 0.717) is 12.3 Å². The van der Waals surface area contributed by atoms with Gasteiger partial charge in [0.25, 0.3) is 0 Å². The molecule has 1 aromatic rings. The smallest absolute Gasteiger partial charge is 0.120 e. The fourth-order valence-electron chi connectivity index (χ4n) is 0.952. The molecular weight excluding hydrogens is 234 g/mol. The Labute approximate surface area is 85.9 Å². The predicted molar refractivity (Wildman–Crippen MR) is 53.4 cm³/mol. The van der Waals surface area contributed by atoms with E-state index < -0.39 is 6.10 Å². The van der Waals surface area contributed by atoms with Crippen LogP contribution in [0.25, 0.3) is 0 Å². The van der Waals surface area contributed by atoms with Crippen LogP contribution in [0.5, 0.6) is 0 Å². The number of pyridine rings is 1. The largest absolute Gasteiger partial charge is 0.384 e. The number of hydrogen-bond donors (Lipinski definition) is 1. The zero-order chi connectivity index (χ0) is 9.68. The van der Waals surface area contributed by atoms with Crippen molar-refractivity contribution < 1.29 is 9.84 Å². The van der Waals surface area contributed by atoms with Crippen molar-refractivity contribution >= 4 is 15.9 Å². The monoisotopic (exact) mass is 245 g/mol. The van der Waals surface area contributed by atoms with Crippen molar-refractivity contribution in [2.75, 3.05) is 13.2 Å². The average molecular weight is 246 g/mol. The second kappa shape index (κ2) is 5.32. The van der Waals surface area contributed by atoms with Gasteiger partial charge in [-0.15, -0.1) is 0 Å². The van der Waals surface area contributed by atoms with E-state index in [1.165, 1.54) is 0 Å². The Kier molecular flexibility index (Phi) is 4.35. The third-order valence-corrected chi connectivity index (χ3v) is 2.25. The Bertz CT molecular complexity index is 268. The van der Waals surface area contributed by atoms with Gasteiger partial charge in [0.2, 0.25) is 0 Å². The molecule has 0 amide bonds. The van der Waals surface area contributed by atoms with Crippen molar-refractivity contribution in [3.8, 4) is 0 Å². The Morgan fingerprint density at radius 2 is 2.46 bits per heavy atom. The van der Waals surface area contributed by atoms with E-state index in [9.17, 15) is 5.11 Å². The fraction of sp³-hybridized carbons (Fsp3) is 0.444. The maximum atomic E-state index is 9.61. The maximum Gasteiger partial charge on any atom is 0.120 e. The van der Waals surface area contributed by atoms with Gasteiger partial charge in [-0.3, -0.25) is 4.98 Å². The van der Waals surface area contributed by atoms with Crippen molar-refractivity contribution in [1.82, 2.24) is 4.98 Å². The summed E-state index contributed by atoms with van der Waals surface area (Å²) >= 11 is 3.31. The van der Waals surface area contributed by atoms with E-state index in [4.69, 9.17) is 4.74 Å². The molecule has 72 valence electrons. The first-order valence-electron chi connectivity index (χ1n) is 4.12. The second-order valence-corrected chi connectivity index (χ2v) is 3.40. The van der Waals surface area contributed by atoms with Gasteiger partial charge >= 0.3 is 0 Å². The SMILES string of the molecule is CCOCC(O)c1ncccc1Br. The van der Waals surface area contributed by atoms with Crippen LogP contribution in [0.1, 0.15) is 18.7 Å². The molecule has 0 saturated carbocycles. The molecule has 1 aromatic heterocycles. The third kappa shape index (κ3) is 3.06. The number of halogens is 1. The lowest BCUT2D eigenvalue weighted by molar-refractivity contribution is 0.0394. The van der Waals surface area contributed by atoms with Gasteiger partial charge < -0.3 is 9.84 Å². The minimum Gasteiger partial charge on any atom is -0.384 e. The van der Waals surface area contributed by atoms with E-state index in [1.54, 1.807) is 12.3 Å². The molecule has 1 heterocycles. The van der Waals surface area contributed by atoms with Crippen LogP contribution < -0.4 is 0 Å². The molecule has 1 atom stereocenters. The minimum absolute atomic E-state index is 0.284. The van der Waals surface area contributed by atoms with Crippen molar-refractivity contribution in [2.24, 2.45) is 0 Å².